The molecule has 0 bridgehead atoms. The molecule has 1 N–H and O–H groups in total. The Morgan fingerprint density at radius 1 is 0.438 bits per heavy atom. The molecule has 3 atom stereocenters. The molecule has 0 rings (SSSR count). The van der Waals surface area contributed by atoms with Crippen LogP contribution in [0.1, 0.15) is 348 Å². The number of quaternary nitrogens is 1. The van der Waals surface area contributed by atoms with Gasteiger partial charge in [0.2, 0.25) is 5.91 Å². The first kappa shape index (κ1) is 78.2. The number of carbonyl (C=O) groups excluding carboxylic acids is 2. The third kappa shape index (κ3) is 60.8. The summed E-state index contributed by atoms with van der Waals surface area (Å²) in [5, 5.41) is 3.04. The van der Waals surface area contributed by atoms with Gasteiger partial charge in [-0.05, 0) is 63.9 Å². The molecule has 0 radical (unpaired) electrons. The Hall–Kier alpha value is -1.77. The van der Waals surface area contributed by atoms with Crippen LogP contribution in [0.15, 0.2) is 36.5 Å². The molecule has 0 saturated carbocycles. The number of rotatable bonds is 64. The van der Waals surface area contributed by atoms with Crippen molar-refractivity contribution in [2.24, 2.45) is 0 Å². The maximum absolute atomic E-state index is 13.6. The number of unbranched alkanes of at least 4 members (excludes halogenated alkanes) is 44. The quantitative estimate of drug-likeness (QED) is 0.0212. The predicted molar refractivity (Wildman–Crippen MR) is 344 cm³/mol. The van der Waals surface area contributed by atoms with Crippen LogP contribution >= 0.6 is 7.82 Å². The lowest BCUT2D eigenvalue weighted by molar-refractivity contribution is -0.870. The van der Waals surface area contributed by atoms with Crippen molar-refractivity contribution >= 4 is 19.7 Å². The number of allylic oxidation sites excluding steroid dienone is 5. The van der Waals surface area contributed by atoms with E-state index in [9.17, 15) is 19.0 Å². The van der Waals surface area contributed by atoms with Crippen LogP contribution in [-0.4, -0.2) is 69.4 Å². The number of nitrogens with one attached hydrogen (secondary N) is 1. The Labute approximate surface area is 497 Å². The third-order valence-electron chi connectivity index (χ3n) is 15.8. The first-order chi connectivity index (χ1) is 38.9. The number of phosphoric acid groups is 1. The first-order valence-electron chi connectivity index (χ1n) is 34.8. The molecule has 0 aliphatic carbocycles. The summed E-state index contributed by atoms with van der Waals surface area (Å²) in [6.07, 6.45) is 74.1. The Kier molecular flexibility index (Phi) is 59.0. The van der Waals surface area contributed by atoms with Crippen LogP contribution in [0, 0.1) is 0 Å². The van der Waals surface area contributed by atoms with Gasteiger partial charge in [-0.3, -0.25) is 14.2 Å². The Bertz CT molecular complexity index is 1460. The minimum Gasteiger partial charge on any atom is -0.756 e. The van der Waals surface area contributed by atoms with Crippen molar-refractivity contribution in [3.05, 3.63) is 36.5 Å². The summed E-state index contributed by atoms with van der Waals surface area (Å²) < 4.78 is 30.4. The molecule has 0 aliphatic heterocycles. The van der Waals surface area contributed by atoms with Crippen LogP contribution in [0.5, 0.6) is 0 Å². The van der Waals surface area contributed by atoms with Gasteiger partial charge in [0.1, 0.15) is 19.3 Å². The molecule has 0 aromatic carbocycles. The Morgan fingerprint density at radius 3 is 1.15 bits per heavy atom. The highest BCUT2D eigenvalue weighted by Gasteiger charge is 2.27. The molecule has 0 saturated heterocycles. The smallest absolute Gasteiger partial charge is 0.306 e. The highest BCUT2D eigenvalue weighted by Crippen LogP contribution is 2.38. The molecule has 0 aliphatic rings. The van der Waals surface area contributed by atoms with E-state index in [0.29, 0.717) is 17.4 Å². The molecular formula is C70H135N2O7P. The standard InChI is InChI=1S/C70H135N2O7P/c1-7-10-13-16-19-22-25-28-30-32-33-34-35-36-37-38-39-41-43-45-48-51-54-57-60-63-70(74)79-68(61-58-55-52-49-46-27-24-21-18-15-12-9-3)67(66-78-80(75,76)77-65-64-72(4,5)6)71-69(73)62-59-56-53-50-47-44-42-40-31-29-26-23-20-17-14-11-8-2/h20,23,29,31,58,61,67-68H,7-19,21-22,24-28,30,32-57,59-60,62-66H2,1-6H3,(H-,71,73,75,76)/b23-20-,31-29-,61-58-. The average Bonchev–Trinajstić information content (AvgIpc) is 3.42. The Balaban J connectivity index is 5.04. The summed E-state index contributed by atoms with van der Waals surface area (Å²) in [5.41, 5.74) is 0. The molecule has 3 unspecified atom stereocenters. The van der Waals surface area contributed by atoms with Crippen LogP contribution in [0.25, 0.3) is 0 Å². The van der Waals surface area contributed by atoms with Gasteiger partial charge in [-0.25, -0.2) is 0 Å². The van der Waals surface area contributed by atoms with E-state index in [1.54, 1.807) is 0 Å². The van der Waals surface area contributed by atoms with E-state index < -0.39 is 20.0 Å². The van der Waals surface area contributed by atoms with Crippen molar-refractivity contribution in [3.8, 4) is 0 Å². The molecule has 0 spiro atoms. The van der Waals surface area contributed by atoms with Crippen molar-refractivity contribution in [2.45, 2.75) is 360 Å². The number of hydrogen-bond acceptors (Lipinski definition) is 7. The maximum atomic E-state index is 13.6. The van der Waals surface area contributed by atoms with Crippen molar-refractivity contribution in [2.75, 3.05) is 40.9 Å². The lowest BCUT2D eigenvalue weighted by Gasteiger charge is -2.30. The molecule has 0 fully saturated rings. The normalized spacial score (nSPS) is 13.7. The number of ether oxygens (including phenoxy) is 1. The molecule has 10 heteroatoms. The zero-order valence-electron chi connectivity index (χ0n) is 54.1. The number of hydrogen-bond donors (Lipinski definition) is 1. The van der Waals surface area contributed by atoms with E-state index in [1.165, 1.54) is 238 Å². The fraction of sp³-hybridized carbons (Fsp3) is 0.886. The molecule has 1 amide bonds. The number of likely N-dealkylation sites (N-methyl/N-ethyl adjacent to an activating group) is 1. The van der Waals surface area contributed by atoms with Crippen molar-refractivity contribution in [1.82, 2.24) is 5.32 Å². The monoisotopic (exact) mass is 1150 g/mol. The lowest BCUT2D eigenvalue weighted by atomic mass is 10.0. The molecule has 472 valence electrons. The molecular weight excluding hydrogens is 1010 g/mol. The number of phosphoric ester groups is 1. The lowest BCUT2D eigenvalue weighted by Crippen LogP contribution is -2.47. The fourth-order valence-corrected chi connectivity index (χ4v) is 11.2. The zero-order chi connectivity index (χ0) is 58.6. The molecule has 0 heterocycles. The van der Waals surface area contributed by atoms with Gasteiger partial charge in [0, 0.05) is 12.8 Å². The topological polar surface area (TPSA) is 114 Å². The second-order valence-electron chi connectivity index (χ2n) is 25.0. The van der Waals surface area contributed by atoms with Crippen molar-refractivity contribution in [3.63, 3.8) is 0 Å². The summed E-state index contributed by atoms with van der Waals surface area (Å²) in [4.78, 5) is 40.1. The van der Waals surface area contributed by atoms with Gasteiger partial charge < -0.3 is 28.5 Å². The van der Waals surface area contributed by atoms with Crippen LogP contribution < -0.4 is 10.2 Å². The number of esters is 1. The third-order valence-corrected chi connectivity index (χ3v) is 16.8. The first-order valence-corrected chi connectivity index (χ1v) is 36.3. The number of carbonyl (C=O) groups is 2. The molecule has 0 aromatic heterocycles. The SMILES string of the molecule is CCCCC/C=C\C/C=C\CCCCCCCCCC(=O)NC(COP(=O)([O-])OCC[N+](C)(C)C)C(/C=C\CCCCCCCCCCCC)OC(=O)CCCCCCCCCCCCCCCCCCCCCCCCCCC. The largest absolute Gasteiger partial charge is 0.756 e. The van der Waals surface area contributed by atoms with Crippen LogP contribution in [-0.2, 0) is 27.9 Å². The van der Waals surface area contributed by atoms with E-state index in [2.05, 4.69) is 50.4 Å². The van der Waals surface area contributed by atoms with Crippen molar-refractivity contribution in [1.29, 1.82) is 0 Å². The van der Waals surface area contributed by atoms with Gasteiger partial charge in [-0.1, -0.05) is 308 Å². The summed E-state index contributed by atoms with van der Waals surface area (Å²) >= 11 is 0. The summed E-state index contributed by atoms with van der Waals surface area (Å²) in [6.45, 7) is 6.86. The number of nitrogens with zero attached hydrogens (tertiary/aromatic N) is 1. The van der Waals surface area contributed by atoms with E-state index >= 15 is 0 Å². The van der Waals surface area contributed by atoms with Crippen LogP contribution in [0.3, 0.4) is 0 Å². The highest BCUT2D eigenvalue weighted by molar-refractivity contribution is 7.45. The fourth-order valence-electron chi connectivity index (χ4n) is 10.4. The predicted octanol–water partition coefficient (Wildman–Crippen LogP) is 21.2. The summed E-state index contributed by atoms with van der Waals surface area (Å²) in [7, 11) is 1.19. The van der Waals surface area contributed by atoms with Gasteiger partial charge in [0.05, 0.1) is 33.8 Å². The summed E-state index contributed by atoms with van der Waals surface area (Å²) in [5.74, 6) is -0.532. The maximum Gasteiger partial charge on any atom is 0.306 e. The van der Waals surface area contributed by atoms with E-state index in [1.807, 2.05) is 33.3 Å². The zero-order valence-corrected chi connectivity index (χ0v) is 54.9. The van der Waals surface area contributed by atoms with E-state index in [0.717, 1.165) is 77.0 Å². The number of amides is 1. The molecule has 9 nitrogen and oxygen atoms in total. The van der Waals surface area contributed by atoms with Crippen LogP contribution in [0.4, 0.5) is 0 Å². The van der Waals surface area contributed by atoms with E-state index in [4.69, 9.17) is 13.8 Å². The summed E-state index contributed by atoms with van der Waals surface area (Å²) in [6, 6.07) is -0.889. The van der Waals surface area contributed by atoms with Gasteiger partial charge in [-0.15, -0.1) is 0 Å². The second kappa shape index (κ2) is 60.4. The molecule has 80 heavy (non-hydrogen) atoms. The minimum absolute atomic E-state index is 0.0216. The minimum atomic E-state index is -4.70. The van der Waals surface area contributed by atoms with Crippen LogP contribution in [0.2, 0.25) is 0 Å². The Morgan fingerprint density at radius 2 is 0.762 bits per heavy atom. The van der Waals surface area contributed by atoms with Gasteiger partial charge in [0.15, 0.2) is 0 Å². The molecule has 0 aromatic rings. The second-order valence-corrected chi connectivity index (χ2v) is 26.5. The van der Waals surface area contributed by atoms with Gasteiger partial charge in [0.25, 0.3) is 7.82 Å². The highest BCUT2D eigenvalue weighted by atomic mass is 31.2. The van der Waals surface area contributed by atoms with Crippen molar-refractivity contribution < 1.29 is 37.3 Å². The van der Waals surface area contributed by atoms with Gasteiger partial charge >= 0.3 is 5.97 Å². The van der Waals surface area contributed by atoms with E-state index in [-0.39, 0.29) is 31.5 Å². The van der Waals surface area contributed by atoms with Gasteiger partial charge in [-0.2, -0.15) is 0 Å². The average molecular weight is 1150 g/mol.